The fraction of sp³-hybridized carbons (Fsp3) is 0. The van der Waals surface area contributed by atoms with Gasteiger partial charge in [0, 0.05) is 16.8 Å². The van der Waals surface area contributed by atoms with Gasteiger partial charge in [-0.3, -0.25) is 9.59 Å². The molecule has 0 atom stereocenters. The molecule has 0 unspecified atom stereocenters. The summed E-state index contributed by atoms with van der Waals surface area (Å²) in [6.45, 7) is 0. The predicted octanol–water partition coefficient (Wildman–Crippen LogP) is 5.50. The molecule has 0 saturated heterocycles. The topological polar surface area (TPSA) is 81.4 Å². The number of carbonyl (C=O) groups excluding carboxylic acids is 2. The average Bonchev–Trinajstić information content (AvgIpc) is 2.81. The molecule has 4 aromatic carbocycles. The Bertz CT molecular complexity index is 1200. The molecule has 152 valence electrons. The van der Waals surface area contributed by atoms with Crippen molar-refractivity contribution >= 4 is 17.5 Å². The van der Waals surface area contributed by atoms with E-state index < -0.39 is 5.91 Å². The van der Waals surface area contributed by atoms with Crippen molar-refractivity contribution in [2.45, 2.75) is 0 Å². The van der Waals surface area contributed by atoms with Crippen LogP contribution in [0, 0.1) is 0 Å². The van der Waals surface area contributed by atoms with Crippen molar-refractivity contribution in [1.82, 2.24) is 0 Å². The zero-order valence-electron chi connectivity index (χ0n) is 16.6. The van der Waals surface area contributed by atoms with E-state index in [2.05, 4.69) is 5.32 Å². The van der Waals surface area contributed by atoms with Gasteiger partial charge in [-0.15, -0.1) is 0 Å². The number of anilines is 1. The van der Waals surface area contributed by atoms with Gasteiger partial charge in [-0.05, 0) is 71.8 Å². The maximum Gasteiger partial charge on any atom is 0.255 e. The van der Waals surface area contributed by atoms with Gasteiger partial charge in [0.2, 0.25) is 5.91 Å². The molecule has 31 heavy (non-hydrogen) atoms. The molecule has 0 saturated carbocycles. The highest BCUT2D eigenvalue weighted by Gasteiger charge is 2.09. The van der Waals surface area contributed by atoms with Crippen molar-refractivity contribution in [2.24, 2.45) is 5.73 Å². The number of rotatable bonds is 6. The van der Waals surface area contributed by atoms with E-state index in [1.54, 1.807) is 42.5 Å². The van der Waals surface area contributed by atoms with Gasteiger partial charge in [0.05, 0.1) is 0 Å². The first-order chi connectivity index (χ1) is 15.1. The Morgan fingerprint density at radius 2 is 1.32 bits per heavy atom. The maximum absolute atomic E-state index is 12.7. The van der Waals surface area contributed by atoms with Gasteiger partial charge in [0.1, 0.15) is 11.5 Å². The number of nitrogens with two attached hydrogens (primary N) is 1. The fourth-order valence-electron chi connectivity index (χ4n) is 3.10. The molecule has 0 heterocycles. The molecule has 0 spiro atoms. The van der Waals surface area contributed by atoms with Crippen molar-refractivity contribution in [1.29, 1.82) is 0 Å². The lowest BCUT2D eigenvalue weighted by Gasteiger charge is -2.09. The molecule has 4 rings (SSSR count). The first kappa shape index (κ1) is 19.9. The van der Waals surface area contributed by atoms with Crippen LogP contribution >= 0.6 is 0 Å². The number of nitrogens with one attached hydrogen (secondary N) is 1. The summed E-state index contributed by atoms with van der Waals surface area (Å²) in [4.78, 5) is 24.0. The van der Waals surface area contributed by atoms with E-state index in [0.717, 1.165) is 16.9 Å². The van der Waals surface area contributed by atoms with E-state index in [4.69, 9.17) is 10.5 Å². The Kier molecular flexibility index (Phi) is 5.76. The van der Waals surface area contributed by atoms with Crippen LogP contribution in [0.3, 0.4) is 0 Å². The number of carbonyl (C=O) groups is 2. The van der Waals surface area contributed by atoms with Gasteiger partial charge in [0.25, 0.3) is 5.91 Å². The minimum Gasteiger partial charge on any atom is -0.457 e. The second-order valence-corrected chi connectivity index (χ2v) is 6.92. The number of benzene rings is 4. The Hall–Kier alpha value is -4.38. The minimum atomic E-state index is -0.472. The van der Waals surface area contributed by atoms with Gasteiger partial charge in [-0.25, -0.2) is 0 Å². The molecule has 0 aliphatic rings. The number of ether oxygens (including phenoxy) is 1. The molecule has 5 heteroatoms. The van der Waals surface area contributed by atoms with E-state index in [1.165, 1.54) is 0 Å². The monoisotopic (exact) mass is 408 g/mol. The van der Waals surface area contributed by atoms with Crippen LogP contribution in [-0.2, 0) is 0 Å². The number of hydrogen-bond donors (Lipinski definition) is 2. The Morgan fingerprint density at radius 1 is 0.645 bits per heavy atom. The summed E-state index contributed by atoms with van der Waals surface area (Å²) in [6, 6.07) is 30.9. The molecular formula is C26H20N2O3. The summed E-state index contributed by atoms with van der Waals surface area (Å²) in [7, 11) is 0. The van der Waals surface area contributed by atoms with E-state index in [0.29, 0.717) is 22.6 Å². The number of amides is 2. The van der Waals surface area contributed by atoms with Crippen molar-refractivity contribution < 1.29 is 14.3 Å². The number of hydrogen-bond acceptors (Lipinski definition) is 3. The smallest absolute Gasteiger partial charge is 0.255 e. The summed E-state index contributed by atoms with van der Waals surface area (Å²) in [6.07, 6.45) is 0. The lowest BCUT2D eigenvalue weighted by atomic mass is 10.0. The molecule has 0 bridgehead atoms. The predicted molar refractivity (Wildman–Crippen MR) is 121 cm³/mol. The third-order valence-electron chi connectivity index (χ3n) is 4.72. The van der Waals surface area contributed by atoms with Crippen molar-refractivity contribution in [3.8, 4) is 22.6 Å². The van der Waals surface area contributed by atoms with Crippen LogP contribution in [0.15, 0.2) is 103 Å². The maximum atomic E-state index is 12.7. The highest BCUT2D eigenvalue weighted by atomic mass is 16.5. The average molecular weight is 408 g/mol. The molecule has 0 radical (unpaired) electrons. The molecule has 4 aromatic rings. The Balaban J connectivity index is 1.45. The van der Waals surface area contributed by atoms with Gasteiger partial charge in [-0.1, -0.05) is 42.5 Å². The summed E-state index contributed by atoms with van der Waals surface area (Å²) in [5.74, 6) is 0.748. The van der Waals surface area contributed by atoms with Crippen LogP contribution in [0.1, 0.15) is 20.7 Å². The largest absolute Gasteiger partial charge is 0.457 e. The quantitative estimate of drug-likeness (QED) is 0.442. The molecule has 3 N–H and O–H groups in total. The molecule has 2 amide bonds. The number of primary amides is 1. The highest BCUT2D eigenvalue weighted by molar-refractivity contribution is 6.05. The first-order valence-corrected chi connectivity index (χ1v) is 9.73. The van der Waals surface area contributed by atoms with Crippen molar-refractivity contribution in [2.75, 3.05) is 5.32 Å². The second kappa shape index (κ2) is 8.97. The van der Waals surface area contributed by atoms with Crippen LogP contribution in [0.5, 0.6) is 11.5 Å². The molecule has 0 fully saturated rings. The molecular weight excluding hydrogens is 388 g/mol. The summed E-state index contributed by atoms with van der Waals surface area (Å²) >= 11 is 0. The van der Waals surface area contributed by atoms with E-state index >= 15 is 0 Å². The SMILES string of the molecule is NC(=O)c1ccc(-c2cccc(C(=O)Nc3ccc(Oc4ccccc4)cc3)c2)cc1. The standard InChI is InChI=1S/C26H20N2O3/c27-25(29)19-11-9-18(10-12-19)20-5-4-6-21(17-20)26(30)28-22-13-15-24(16-14-22)31-23-7-2-1-3-8-23/h1-17H,(H2,27,29)(H,28,30). The van der Waals surface area contributed by atoms with Gasteiger partial charge in [0.15, 0.2) is 0 Å². The van der Waals surface area contributed by atoms with Gasteiger partial charge < -0.3 is 15.8 Å². The van der Waals surface area contributed by atoms with Crippen LogP contribution in [0.25, 0.3) is 11.1 Å². The highest BCUT2D eigenvalue weighted by Crippen LogP contribution is 2.24. The fourth-order valence-corrected chi connectivity index (χ4v) is 3.10. The summed E-state index contributed by atoms with van der Waals surface area (Å²) in [5.41, 5.74) is 8.69. The van der Waals surface area contributed by atoms with Crippen LogP contribution in [0.2, 0.25) is 0 Å². The molecule has 0 aliphatic heterocycles. The third kappa shape index (κ3) is 4.97. The van der Waals surface area contributed by atoms with E-state index in [9.17, 15) is 9.59 Å². The van der Waals surface area contributed by atoms with E-state index in [-0.39, 0.29) is 5.91 Å². The van der Waals surface area contributed by atoms with Crippen LogP contribution in [-0.4, -0.2) is 11.8 Å². The Morgan fingerprint density at radius 3 is 2.00 bits per heavy atom. The second-order valence-electron chi connectivity index (χ2n) is 6.92. The minimum absolute atomic E-state index is 0.215. The van der Waals surface area contributed by atoms with Gasteiger partial charge in [-0.2, -0.15) is 0 Å². The van der Waals surface area contributed by atoms with Crippen molar-refractivity contribution in [3.05, 3.63) is 114 Å². The zero-order chi connectivity index (χ0) is 21.6. The van der Waals surface area contributed by atoms with Crippen molar-refractivity contribution in [3.63, 3.8) is 0 Å². The lowest BCUT2D eigenvalue weighted by Crippen LogP contribution is -2.11. The summed E-state index contributed by atoms with van der Waals surface area (Å²) in [5, 5.41) is 2.90. The molecule has 0 aromatic heterocycles. The first-order valence-electron chi connectivity index (χ1n) is 9.73. The van der Waals surface area contributed by atoms with E-state index in [1.807, 2.05) is 60.7 Å². The van der Waals surface area contributed by atoms with Crippen LogP contribution < -0.4 is 15.8 Å². The zero-order valence-corrected chi connectivity index (χ0v) is 16.6. The molecule has 0 aliphatic carbocycles. The Labute approximate surface area is 180 Å². The summed E-state index contributed by atoms with van der Waals surface area (Å²) < 4.78 is 5.77. The number of para-hydroxylation sites is 1. The lowest BCUT2D eigenvalue weighted by molar-refractivity contribution is 0.0997. The third-order valence-corrected chi connectivity index (χ3v) is 4.72. The molecule has 5 nitrogen and oxygen atoms in total. The van der Waals surface area contributed by atoms with Gasteiger partial charge >= 0.3 is 0 Å². The normalized spacial score (nSPS) is 10.3. The van der Waals surface area contributed by atoms with Crippen LogP contribution in [0.4, 0.5) is 5.69 Å².